The molecule has 0 bridgehead atoms. The molecular weight excluding hydrogens is 344 g/mol. The molecule has 1 unspecified atom stereocenters. The van der Waals surface area contributed by atoms with Crippen LogP contribution in [-0.4, -0.2) is 44.8 Å². The topological polar surface area (TPSA) is 82.1 Å². The lowest BCUT2D eigenvalue weighted by molar-refractivity contribution is 0.0253. The molecule has 6 nitrogen and oxygen atoms in total. The quantitative estimate of drug-likeness (QED) is 0.250. The molecule has 0 rings (SSSR count). The largest absolute Gasteiger partial charge is 0.422 e. The van der Waals surface area contributed by atoms with Gasteiger partial charge in [0.25, 0.3) is 5.44 Å². The molecule has 0 aromatic carbocycles. The van der Waals surface area contributed by atoms with E-state index in [1.54, 1.807) is 0 Å². The first kappa shape index (κ1) is 24.2. The Labute approximate surface area is 153 Å². The van der Waals surface area contributed by atoms with Crippen LogP contribution < -0.4 is 0 Å². The zero-order valence-corrected chi connectivity index (χ0v) is 16.5. The second-order valence-electron chi connectivity index (χ2n) is 5.84. The van der Waals surface area contributed by atoms with Crippen molar-refractivity contribution in [2.75, 3.05) is 26.4 Å². The normalized spacial score (nSPS) is 12.4. The highest BCUT2D eigenvalue weighted by Crippen LogP contribution is 2.09. The summed E-state index contributed by atoms with van der Waals surface area (Å²) >= 11 is 0. The molecule has 0 aliphatic heterocycles. The van der Waals surface area contributed by atoms with Gasteiger partial charge in [0, 0.05) is 13.0 Å². The number of hydrogen-bond acceptors (Lipinski definition) is 5. The lowest BCUT2D eigenvalue weighted by Gasteiger charge is -2.12. The first-order valence-electron chi connectivity index (χ1n) is 9.27. The molecule has 0 aliphatic carbocycles. The van der Waals surface area contributed by atoms with Gasteiger partial charge in [0.1, 0.15) is 12.7 Å². The zero-order valence-electron chi connectivity index (χ0n) is 15.7. The average molecular weight is 379 g/mol. The third kappa shape index (κ3) is 16.4. The van der Waals surface area contributed by atoms with Gasteiger partial charge < -0.3 is 14.2 Å². The predicted molar refractivity (Wildman–Crippen MR) is 98.7 cm³/mol. The first-order valence-corrected chi connectivity index (χ1v) is 10.8. The van der Waals surface area contributed by atoms with Crippen LogP contribution in [0.1, 0.15) is 71.6 Å². The molecule has 148 valence electrons. The van der Waals surface area contributed by atoms with Crippen LogP contribution in [0.15, 0.2) is 0 Å². The maximum atomic E-state index is 11.2. The number of hydrogen-bond donors (Lipinski definition) is 1. The minimum absolute atomic E-state index is 0.231. The Balaban J connectivity index is 3.82. The summed E-state index contributed by atoms with van der Waals surface area (Å²) in [4.78, 5) is 0. The molecule has 0 saturated carbocycles. The van der Waals surface area contributed by atoms with Crippen LogP contribution in [0.25, 0.3) is 0 Å². The fraction of sp³-hybridized carbons (Fsp3) is 0.889. The molecule has 0 aromatic heterocycles. The van der Waals surface area contributed by atoms with Crippen LogP contribution in [0, 0.1) is 12.0 Å². The molecule has 0 radical (unpaired) electrons. The van der Waals surface area contributed by atoms with E-state index in [-0.39, 0.29) is 13.2 Å². The molecule has 25 heavy (non-hydrogen) atoms. The van der Waals surface area contributed by atoms with Gasteiger partial charge in [0.05, 0.1) is 13.2 Å². The molecule has 0 aromatic rings. The van der Waals surface area contributed by atoms with Gasteiger partial charge in [-0.15, -0.1) is 0 Å². The van der Waals surface area contributed by atoms with Gasteiger partial charge in [-0.05, 0) is 13.3 Å². The first-order chi connectivity index (χ1) is 12.0. The summed E-state index contributed by atoms with van der Waals surface area (Å²) < 4.78 is 46.6. The summed E-state index contributed by atoms with van der Waals surface area (Å²) in [5.41, 5.74) is -1.49. The van der Waals surface area contributed by atoms with Crippen LogP contribution >= 0.6 is 0 Å². The van der Waals surface area contributed by atoms with Crippen molar-refractivity contribution < 1.29 is 27.2 Å². The Bertz CT molecular complexity index is 452. The van der Waals surface area contributed by atoms with Crippen molar-refractivity contribution in [3.63, 3.8) is 0 Å². The van der Waals surface area contributed by atoms with E-state index in [9.17, 15) is 8.42 Å². The summed E-state index contributed by atoms with van der Waals surface area (Å²) in [6.07, 6.45) is 12.7. The van der Waals surface area contributed by atoms with E-state index in [0.29, 0.717) is 19.6 Å². The molecule has 0 fully saturated rings. The van der Waals surface area contributed by atoms with E-state index in [1.165, 1.54) is 38.5 Å². The van der Waals surface area contributed by atoms with Crippen molar-refractivity contribution in [3.8, 4) is 12.0 Å². The Hall–Kier alpha value is -0.810. The number of ether oxygens (including phenoxy) is 3. The van der Waals surface area contributed by atoms with Gasteiger partial charge in [-0.1, -0.05) is 57.8 Å². The van der Waals surface area contributed by atoms with E-state index in [1.807, 2.05) is 6.92 Å². The maximum absolute atomic E-state index is 11.2. The monoisotopic (exact) mass is 378 g/mol. The Morgan fingerprint density at radius 2 is 1.52 bits per heavy atom. The summed E-state index contributed by atoms with van der Waals surface area (Å²) in [5, 5.41) is 0. The standard InChI is InChI=1S/C18H34O6S/c1-3-5-6-7-8-9-10-11-12-13-14-24-18(25(19,20)21)17-23-16-15-22-4-2/h18H,3-12,15-17H2,1-2H3,(H,19,20,21). The smallest absolute Gasteiger partial charge is 0.306 e. The summed E-state index contributed by atoms with van der Waals surface area (Å²) in [5.74, 6) is 2.78. The molecule has 1 atom stereocenters. The Morgan fingerprint density at radius 1 is 0.920 bits per heavy atom. The molecular formula is C18H34O6S. The summed E-state index contributed by atoms with van der Waals surface area (Å²) in [7, 11) is -4.36. The van der Waals surface area contributed by atoms with Crippen molar-refractivity contribution in [1.29, 1.82) is 0 Å². The molecule has 0 aliphatic rings. The minimum atomic E-state index is -4.36. The van der Waals surface area contributed by atoms with Gasteiger partial charge in [0.15, 0.2) is 0 Å². The van der Waals surface area contributed by atoms with E-state index in [0.717, 1.165) is 12.8 Å². The summed E-state index contributed by atoms with van der Waals surface area (Å²) in [6.45, 7) is 4.93. The van der Waals surface area contributed by atoms with Crippen LogP contribution in [0.5, 0.6) is 0 Å². The molecule has 0 amide bonds. The van der Waals surface area contributed by atoms with Crippen LogP contribution in [0.2, 0.25) is 0 Å². The maximum Gasteiger partial charge on any atom is 0.306 e. The van der Waals surface area contributed by atoms with Crippen molar-refractivity contribution in [3.05, 3.63) is 0 Å². The van der Waals surface area contributed by atoms with E-state index < -0.39 is 15.6 Å². The lowest BCUT2D eigenvalue weighted by Crippen LogP contribution is -2.28. The van der Waals surface area contributed by atoms with E-state index >= 15 is 0 Å². The molecule has 0 saturated heterocycles. The molecule has 1 N–H and O–H groups in total. The van der Waals surface area contributed by atoms with Gasteiger partial charge in [-0.3, -0.25) is 4.55 Å². The van der Waals surface area contributed by atoms with Gasteiger partial charge in [0.2, 0.25) is 0 Å². The Kier molecular flexibility index (Phi) is 16.1. The van der Waals surface area contributed by atoms with Gasteiger partial charge in [-0.2, -0.15) is 8.42 Å². The lowest BCUT2D eigenvalue weighted by atomic mass is 10.1. The third-order valence-corrected chi connectivity index (χ3v) is 4.48. The number of unbranched alkanes of at least 4 members (excludes halogenated alkanes) is 8. The highest BCUT2D eigenvalue weighted by Gasteiger charge is 2.24. The summed E-state index contributed by atoms with van der Waals surface area (Å²) in [6, 6.07) is 0. The average Bonchev–Trinajstić information content (AvgIpc) is 2.56. The minimum Gasteiger partial charge on any atom is -0.422 e. The molecule has 7 heteroatoms. The van der Waals surface area contributed by atoms with Gasteiger partial charge >= 0.3 is 10.1 Å². The second-order valence-corrected chi connectivity index (χ2v) is 7.39. The second kappa shape index (κ2) is 16.6. The zero-order chi connectivity index (χ0) is 18.8. The van der Waals surface area contributed by atoms with Crippen molar-refractivity contribution in [2.45, 2.75) is 77.1 Å². The predicted octanol–water partition coefficient (Wildman–Crippen LogP) is 3.76. The van der Waals surface area contributed by atoms with E-state index in [2.05, 4.69) is 19.0 Å². The highest BCUT2D eigenvalue weighted by molar-refractivity contribution is 7.86. The van der Waals surface area contributed by atoms with Crippen LogP contribution in [-0.2, 0) is 24.3 Å². The van der Waals surface area contributed by atoms with Crippen molar-refractivity contribution >= 4 is 10.1 Å². The van der Waals surface area contributed by atoms with Crippen LogP contribution in [0.3, 0.4) is 0 Å². The molecule has 0 heterocycles. The van der Waals surface area contributed by atoms with Crippen molar-refractivity contribution in [2.24, 2.45) is 0 Å². The van der Waals surface area contributed by atoms with Gasteiger partial charge in [-0.25, -0.2) is 0 Å². The fourth-order valence-electron chi connectivity index (χ4n) is 2.13. The highest BCUT2D eigenvalue weighted by atomic mass is 32.2. The molecule has 0 spiro atoms. The van der Waals surface area contributed by atoms with Crippen LogP contribution in [0.4, 0.5) is 0 Å². The SMILES string of the molecule is CCCCCCCCCCC#COC(COCCOCC)S(=O)(=O)O. The van der Waals surface area contributed by atoms with E-state index in [4.69, 9.17) is 18.8 Å². The van der Waals surface area contributed by atoms with Crippen molar-refractivity contribution in [1.82, 2.24) is 0 Å². The third-order valence-electron chi connectivity index (χ3n) is 3.58. The Morgan fingerprint density at radius 3 is 2.12 bits per heavy atom. The fourth-order valence-corrected chi connectivity index (χ4v) is 2.57. The number of rotatable bonds is 16.